The molecule has 0 bridgehead atoms. The Morgan fingerprint density at radius 3 is 2.58 bits per heavy atom. The second-order valence-electron chi connectivity index (χ2n) is 5.62. The van der Waals surface area contributed by atoms with Crippen molar-refractivity contribution in [3.05, 3.63) is 57.2 Å². The molecule has 26 heavy (non-hydrogen) atoms. The molecule has 0 fully saturated rings. The maximum Gasteiger partial charge on any atom is 0.269 e. The summed E-state index contributed by atoms with van der Waals surface area (Å²) >= 11 is 1.18. The highest BCUT2D eigenvalue weighted by molar-refractivity contribution is 7.20. The molecule has 0 saturated heterocycles. The molecule has 0 spiro atoms. The first-order valence-electron chi connectivity index (χ1n) is 7.91. The summed E-state index contributed by atoms with van der Waals surface area (Å²) in [6, 6.07) is 5.07. The Morgan fingerprint density at radius 1 is 1.15 bits per heavy atom. The average molecular weight is 371 g/mol. The number of amides is 2. The van der Waals surface area contributed by atoms with E-state index < -0.39 is 0 Å². The lowest BCUT2D eigenvalue weighted by molar-refractivity contribution is 0.0926. The first kappa shape index (κ1) is 17.7. The molecule has 3 heterocycles. The standard InChI is InChI=1S/C17H17N5O3S/c1-10-12-16(21-9-22(2)17(12)25)26-13(10)15(24)20-8-7-19-14(23)11-5-3-4-6-18-11/h3-6,9H,7-8H2,1-2H3,(H,19,23)(H,20,24). The van der Waals surface area contributed by atoms with Gasteiger partial charge in [-0.25, -0.2) is 4.98 Å². The number of thiophene rings is 1. The van der Waals surface area contributed by atoms with Crippen LogP contribution in [0.3, 0.4) is 0 Å². The number of carbonyl (C=O) groups is 2. The molecule has 0 saturated carbocycles. The zero-order valence-electron chi connectivity index (χ0n) is 14.3. The molecule has 0 aliphatic carbocycles. The Balaban J connectivity index is 1.61. The molecule has 9 heteroatoms. The lowest BCUT2D eigenvalue weighted by Gasteiger charge is -2.06. The van der Waals surface area contributed by atoms with Crippen molar-refractivity contribution in [3.8, 4) is 0 Å². The number of nitrogens with zero attached hydrogens (tertiary/aromatic N) is 3. The Labute approximate surface area is 152 Å². The topological polar surface area (TPSA) is 106 Å². The summed E-state index contributed by atoms with van der Waals surface area (Å²) < 4.78 is 1.39. The fourth-order valence-electron chi connectivity index (χ4n) is 2.45. The van der Waals surface area contributed by atoms with E-state index in [0.29, 0.717) is 26.4 Å². The van der Waals surface area contributed by atoms with Crippen LogP contribution in [-0.2, 0) is 7.05 Å². The summed E-state index contributed by atoms with van der Waals surface area (Å²) in [6.07, 6.45) is 2.98. The zero-order valence-corrected chi connectivity index (χ0v) is 15.1. The van der Waals surface area contributed by atoms with Crippen LogP contribution >= 0.6 is 11.3 Å². The van der Waals surface area contributed by atoms with E-state index >= 15 is 0 Å². The largest absolute Gasteiger partial charge is 0.350 e. The van der Waals surface area contributed by atoms with Crippen molar-refractivity contribution in [3.63, 3.8) is 0 Å². The molecule has 0 atom stereocenters. The summed E-state index contributed by atoms with van der Waals surface area (Å²) in [5.41, 5.74) is 0.764. The van der Waals surface area contributed by atoms with Crippen LogP contribution in [0.15, 0.2) is 35.5 Å². The summed E-state index contributed by atoms with van der Waals surface area (Å²) in [7, 11) is 1.62. The lowest BCUT2D eigenvalue weighted by atomic mass is 10.2. The third-order valence-corrected chi connectivity index (χ3v) is 5.01. The van der Waals surface area contributed by atoms with Crippen molar-refractivity contribution in [2.75, 3.05) is 13.1 Å². The minimum atomic E-state index is -0.300. The van der Waals surface area contributed by atoms with Crippen molar-refractivity contribution < 1.29 is 9.59 Å². The highest BCUT2D eigenvalue weighted by Gasteiger charge is 2.18. The molecule has 3 aromatic heterocycles. The summed E-state index contributed by atoms with van der Waals surface area (Å²) in [4.78, 5) is 45.6. The van der Waals surface area contributed by atoms with Gasteiger partial charge in [0.15, 0.2) is 0 Å². The van der Waals surface area contributed by atoms with Gasteiger partial charge in [0, 0.05) is 26.3 Å². The molecule has 8 nitrogen and oxygen atoms in total. The average Bonchev–Trinajstić information content (AvgIpc) is 2.99. The van der Waals surface area contributed by atoms with E-state index in [1.165, 1.54) is 22.2 Å². The first-order valence-corrected chi connectivity index (χ1v) is 8.73. The van der Waals surface area contributed by atoms with Gasteiger partial charge in [-0.05, 0) is 24.6 Å². The number of fused-ring (bicyclic) bond motifs is 1. The molecule has 3 aromatic rings. The van der Waals surface area contributed by atoms with Crippen molar-refractivity contribution >= 4 is 33.4 Å². The normalized spacial score (nSPS) is 10.7. The Kier molecular flexibility index (Phi) is 5.08. The fourth-order valence-corrected chi connectivity index (χ4v) is 3.50. The van der Waals surface area contributed by atoms with Crippen LogP contribution in [0.2, 0.25) is 0 Å². The number of rotatable bonds is 5. The smallest absolute Gasteiger partial charge is 0.269 e. The number of nitrogens with one attached hydrogen (secondary N) is 2. The van der Waals surface area contributed by atoms with Gasteiger partial charge in [-0.15, -0.1) is 11.3 Å². The summed E-state index contributed by atoms with van der Waals surface area (Å²) in [5, 5.41) is 5.89. The van der Waals surface area contributed by atoms with E-state index in [2.05, 4.69) is 20.6 Å². The van der Waals surface area contributed by atoms with Gasteiger partial charge in [-0.1, -0.05) is 6.07 Å². The number of aromatic nitrogens is 3. The number of carbonyl (C=O) groups excluding carboxylic acids is 2. The predicted molar refractivity (Wildman–Crippen MR) is 98.5 cm³/mol. The van der Waals surface area contributed by atoms with Crippen LogP contribution in [0.4, 0.5) is 0 Å². The third kappa shape index (κ3) is 3.47. The van der Waals surface area contributed by atoms with E-state index in [9.17, 15) is 14.4 Å². The molecule has 3 rings (SSSR count). The van der Waals surface area contributed by atoms with Crippen LogP contribution < -0.4 is 16.2 Å². The highest BCUT2D eigenvalue weighted by atomic mass is 32.1. The fraction of sp³-hybridized carbons (Fsp3) is 0.235. The van der Waals surface area contributed by atoms with Gasteiger partial charge in [0.2, 0.25) is 0 Å². The predicted octanol–water partition coefficient (Wildman–Crippen LogP) is 0.858. The number of pyridine rings is 1. The maximum atomic E-state index is 12.4. The van der Waals surface area contributed by atoms with Gasteiger partial charge in [0.25, 0.3) is 17.4 Å². The zero-order chi connectivity index (χ0) is 18.7. The molecule has 2 amide bonds. The van der Waals surface area contributed by atoms with Crippen molar-refractivity contribution in [1.82, 2.24) is 25.2 Å². The molecule has 0 aromatic carbocycles. The quantitative estimate of drug-likeness (QED) is 0.647. The van der Waals surface area contributed by atoms with Gasteiger partial charge in [0.05, 0.1) is 16.6 Å². The third-order valence-electron chi connectivity index (χ3n) is 3.81. The molecular formula is C17H17N5O3S. The molecule has 2 N–H and O–H groups in total. The number of aryl methyl sites for hydroxylation is 2. The van der Waals surface area contributed by atoms with Crippen LogP contribution in [0.5, 0.6) is 0 Å². The van der Waals surface area contributed by atoms with Gasteiger partial charge >= 0.3 is 0 Å². The van der Waals surface area contributed by atoms with Crippen molar-refractivity contribution in [2.45, 2.75) is 6.92 Å². The molecular weight excluding hydrogens is 354 g/mol. The van der Waals surface area contributed by atoms with Crippen molar-refractivity contribution in [1.29, 1.82) is 0 Å². The van der Waals surface area contributed by atoms with E-state index in [1.54, 1.807) is 38.4 Å². The molecule has 134 valence electrons. The van der Waals surface area contributed by atoms with E-state index in [1.807, 2.05) is 0 Å². The van der Waals surface area contributed by atoms with E-state index in [0.717, 1.165) is 0 Å². The molecule has 0 unspecified atom stereocenters. The Hall–Kier alpha value is -3.07. The van der Waals surface area contributed by atoms with Crippen LogP contribution in [0, 0.1) is 6.92 Å². The van der Waals surface area contributed by atoms with Gasteiger partial charge in [-0.3, -0.25) is 19.4 Å². The number of hydrogen-bond acceptors (Lipinski definition) is 6. The summed E-state index contributed by atoms with van der Waals surface area (Å²) in [6.45, 7) is 2.27. The van der Waals surface area contributed by atoms with Crippen LogP contribution in [0.25, 0.3) is 10.2 Å². The van der Waals surface area contributed by atoms with Crippen molar-refractivity contribution in [2.24, 2.45) is 7.05 Å². The molecule has 0 radical (unpaired) electrons. The molecule has 0 aliphatic heterocycles. The number of hydrogen-bond donors (Lipinski definition) is 2. The second-order valence-corrected chi connectivity index (χ2v) is 6.62. The monoisotopic (exact) mass is 371 g/mol. The van der Waals surface area contributed by atoms with Gasteiger partial charge in [0.1, 0.15) is 10.5 Å². The van der Waals surface area contributed by atoms with E-state index in [4.69, 9.17) is 0 Å². The maximum absolute atomic E-state index is 12.4. The first-order chi connectivity index (χ1) is 12.5. The summed E-state index contributed by atoms with van der Waals surface area (Å²) in [5.74, 6) is -0.592. The SMILES string of the molecule is Cc1c(C(=O)NCCNC(=O)c2ccccn2)sc2ncn(C)c(=O)c12. The van der Waals surface area contributed by atoms with E-state index in [-0.39, 0.29) is 30.5 Å². The van der Waals surface area contributed by atoms with Gasteiger partial charge in [-0.2, -0.15) is 0 Å². The Bertz CT molecular complexity index is 1030. The minimum absolute atomic E-state index is 0.176. The lowest BCUT2D eigenvalue weighted by Crippen LogP contribution is -2.34. The van der Waals surface area contributed by atoms with Crippen LogP contribution in [-0.4, -0.2) is 39.4 Å². The van der Waals surface area contributed by atoms with Crippen LogP contribution in [0.1, 0.15) is 25.7 Å². The molecule has 0 aliphatic rings. The minimum Gasteiger partial charge on any atom is -0.350 e. The second kappa shape index (κ2) is 7.44. The van der Waals surface area contributed by atoms with Gasteiger partial charge < -0.3 is 15.2 Å². The Morgan fingerprint density at radius 2 is 1.88 bits per heavy atom. The highest BCUT2D eigenvalue weighted by Crippen LogP contribution is 2.26.